The molecule has 0 aromatic carbocycles. The smallest absolute Gasteiger partial charge is 0.267 e. The van der Waals surface area contributed by atoms with E-state index in [2.05, 4.69) is 19.8 Å². The van der Waals surface area contributed by atoms with Crippen LogP contribution in [0.2, 0.25) is 0 Å². The van der Waals surface area contributed by atoms with Crippen LogP contribution in [-0.2, 0) is 10.0 Å². The highest BCUT2D eigenvalue weighted by molar-refractivity contribution is 7.89. The molecule has 1 N–H and O–H groups in total. The average Bonchev–Trinajstić information content (AvgIpc) is 3.27. The van der Waals surface area contributed by atoms with Gasteiger partial charge in [-0.15, -0.1) is 0 Å². The van der Waals surface area contributed by atoms with Crippen LogP contribution in [0, 0.1) is 0 Å². The van der Waals surface area contributed by atoms with Crippen LogP contribution in [0.15, 0.2) is 59.0 Å². The van der Waals surface area contributed by atoms with Gasteiger partial charge in [0, 0.05) is 42.3 Å². The summed E-state index contributed by atoms with van der Waals surface area (Å²) >= 11 is 0. The minimum absolute atomic E-state index is 0.0328. The first-order valence-electron chi connectivity index (χ1n) is 10.4. The summed E-state index contributed by atoms with van der Waals surface area (Å²) in [7, 11) is -3.68. The molecule has 4 rings (SSSR count). The number of nitrogens with one attached hydrogen (secondary N) is 1. The molecule has 3 aromatic rings. The van der Waals surface area contributed by atoms with Gasteiger partial charge in [0.15, 0.2) is 5.03 Å². The number of imidazole rings is 1. The molecule has 0 bridgehead atoms. The Morgan fingerprint density at radius 3 is 2.55 bits per heavy atom. The third-order valence-electron chi connectivity index (χ3n) is 5.60. The van der Waals surface area contributed by atoms with Crippen molar-refractivity contribution in [3.63, 3.8) is 0 Å². The third kappa shape index (κ3) is 4.75. The lowest BCUT2D eigenvalue weighted by Gasteiger charge is -2.29. The van der Waals surface area contributed by atoms with Gasteiger partial charge in [-0.2, -0.15) is 5.10 Å². The molecular weight excluding hydrogens is 416 g/mol. The molecule has 10 heteroatoms. The Morgan fingerprint density at radius 2 is 1.90 bits per heavy atom. The average molecular weight is 443 g/mol. The van der Waals surface area contributed by atoms with Crippen LogP contribution < -0.4 is 10.3 Å². The molecule has 3 heterocycles. The fraction of sp³-hybridized carbons (Fsp3) is 0.429. The van der Waals surface area contributed by atoms with Gasteiger partial charge in [-0.05, 0) is 57.7 Å². The van der Waals surface area contributed by atoms with E-state index in [1.165, 1.54) is 17.1 Å². The van der Waals surface area contributed by atoms with E-state index in [0.29, 0.717) is 31.4 Å². The lowest BCUT2D eigenvalue weighted by atomic mass is 9.92. The maximum atomic E-state index is 12.7. The van der Waals surface area contributed by atoms with Gasteiger partial charge in [0.1, 0.15) is 0 Å². The van der Waals surface area contributed by atoms with Crippen LogP contribution in [0.3, 0.4) is 0 Å². The van der Waals surface area contributed by atoms with Gasteiger partial charge >= 0.3 is 0 Å². The fourth-order valence-electron chi connectivity index (χ4n) is 3.81. The summed E-state index contributed by atoms with van der Waals surface area (Å²) in [4.78, 5) is 20.6. The predicted molar refractivity (Wildman–Crippen MR) is 116 cm³/mol. The van der Waals surface area contributed by atoms with Crippen molar-refractivity contribution in [3.05, 3.63) is 59.5 Å². The number of nitrogens with zero attached hydrogens (tertiary/aromatic N) is 5. The topological polar surface area (TPSA) is 112 Å². The maximum absolute atomic E-state index is 12.7. The zero-order valence-electron chi connectivity index (χ0n) is 17.5. The molecule has 0 aliphatic heterocycles. The quantitative estimate of drug-likeness (QED) is 0.628. The summed E-state index contributed by atoms with van der Waals surface area (Å²) in [6, 6.07) is 6.83. The van der Waals surface area contributed by atoms with Crippen LogP contribution in [0.1, 0.15) is 51.6 Å². The summed E-state index contributed by atoms with van der Waals surface area (Å²) < 4.78 is 31.4. The van der Waals surface area contributed by atoms with Gasteiger partial charge < -0.3 is 4.57 Å². The van der Waals surface area contributed by atoms with Crippen molar-refractivity contribution in [1.29, 1.82) is 0 Å². The SMILES string of the molecule is CC(C)n1cnc(S(=O)(=O)NC2CCC(n3nc(-c4cccnc4)ccc3=O)CC2)c1. The normalized spacial score (nSPS) is 19.6. The Hall–Kier alpha value is -2.85. The molecule has 164 valence electrons. The molecule has 0 atom stereocenters. The number of hydrogen-bond acceptors (Lipinski definition) is 6. The highest BCUT2D eigenvalue weighted by Crippen LogP contribution is 2.28. The van der Waals surface area contributed by atoms with Crippen LogP contribution in [0.4, 0.5) is 0 Å². The Kier molecular flexibility index (Phi) is 6.01. The minimum atomic E-state index is -3.68. The van der Waals surface area contributed by atoms with E-state index in [4.69, 9.17) is 0 Å². The van der Waals surface area contributed by atoms with E-state index in [-0.39, 0.29) is 28.7 Å². The Bertz CT molecular complexity index is 1200. The molecule has 0 radical (unpaired) electrons. The molecule has 0 amide bonds. The van der Waals surface area contributed by atoms with Gasteiger partial charge in [0.25, 0.3) is 15.6 Å². The second-order valence-corrected chi connectivity index (χ2v) is 9.78. The zero-order chi connectivity index (χ0) is 22.0. The van der Waals surface area contributed by atoms with Crippen LogP contribution in [-0.4, -0.2) is 38.8 Å². The Labute approximate surface area is 181 Å². The van der Waals surface area contributed by atoms with Crippen molar-refractivity contribution in [2.75, 3.05) is 0 Å². The molecule has 9 nitrogen and oxygen atoms in total. The summed E-state index contributed by atoms with van der Waals surface area (Å²) in [6.07, 6.45) is 9.06. The van der Waals surface area contributed by atoms with Gasteiger partial charge in [0.05, 0.1) is 18.1 Å². The predicted octanol–water partition coefficient (Wildman–Crippen LogP) is 2.54. The highest BCUT2D eigenvalue weighted by atomic mass is 32.2. The first-order valence-corrected chi connectivity index (χ1v) is 11.9. The van der Waals surface area contributed by atoms with Crippen molar-refractivity contribution < 1.29 is 8.42 Å². The monoisotopic (exact) mass is 442 g/mol. The first kappa shape index (κ1) is 21.4. The molecule has 3 aromatic heterocycles. The Balaban J connectivity index is 1.43. The van der Waals surface area contributed by atoms with Crippen molar-refractivity contribution in [2.24, 2.45) is 0 Å². The minimum Gasteiger partial charge on any atom is -0.334 e. The van der Waals surface area contributed by atoms with E-state index in [1.54, 1.807) is 29.2 Å². The summed E-state index contributed by atoms with van der Waals surface area (Å²) in [5.41, 5.74) is 1.38. The van der Waals surface area contributed by atoms with Crippen molar-refractivity contribution >= 4 is 10.0 Å². The number of rotatable bonds is 6. The lowest BCUT2D eigenvalue weighted by Crippen LogP contribution is -2.39. The third-order valence-corrected chi connectivity index (χ3v) is 7.00. The van der Waals surface area contributed by atoms with E-state index in [9.17, 15) is 13.2 Å². The van der Waals surface area contributed by atoms with E-state index >= 15 is 0 Å². The Morgan fingerprint density at radius 1 is 1.13 bits per heavy atom. The van der Waals surface area contributed by atoms with E-state index in [1.807, 2.05) is 26.0 Å². The highest BCUT2D eigenvalue weighted by Gasteiger charge is 2.28. The van der Waals surface area contributed by atoms with Gasteiger partial charge in [-0.1, -0.05) is 0 Å². The van der Waals surface area contributed by atoms with E-state index < -0.39 is 10.0 Å². The summed E-state index contributed by atoms with van der Waals surface area (Å²) in [5.74, 6) is 0. The summed E-state index contributed by atoms with van der Waals surface area (Å²) in [5, 5.41) is 4.58. The van der Waals surface area contributed by atoms with Crippen LogP contribution in [0.25, 0.3) is 11.3 Å². The largest absolute Gasteiger partial charge is 0.334 e. The number of sulfonamides is 1. The molecular formula is C21H26N6O3S. The van der Waals surface area contributed by atoms with Crippen LogP contribution >= 0.6 is 0 Å². The van der Waals surface area contributed by atoms with E-state index in [0.717, 1.165) is 5.56 Å². The molecule has 1 fully saturated rings. The molecule has 0 spiro atoms. The second kappa shape index (κ2) is 8.72. The molecule has 1 aliphatic rings. The van der Waals surface area contributed by atoms with Crippen molar-refractivity contribution in [3.8, 4) is 11.3 Å². The molecule has 1 saturated carbocycles. The number of pyridine rings is 1. The lowest BCUT2D eigenvalue weighted by molar-refractivity contribution is 0.286. The van der Waals surface area contributed by atoms with Crippen LogP contribution in [0.5, 0.6) is 0 Å². The number of aromatic nitrogens is 5. The molecule has 1 aliphatic carbocycles. The maximum Gasteiger partial charge on any atom is 0.267 e. The first-order chi connectivity index (χ1) is 14.8. The van der Waals surface area contributed by atoms with Gasteiger partial charge in [0.2, 0.25) is 0 Å². The number of hydrogen-bond donors (Lipinski definition) is 1. The summed E-state index contributed by atoms with van der Waals surface area (Å²) in [6.45, 7) is 3.93. The van der Waals surface area contributed by atoms with Crippen molar-refractivity contribution in [1.82, 2.24) is 29.0 Å². The van der Waals surface area contributed by atoms with Gasteiger partial charge in [-0.25, -0.2) is 22.8 Å². The van der Waals surface area contributed by atoms with Crippen molar-refractivity contribution in [2.45, 2.75) is 62.7 Å². The standard InChI is InChI=1S/C21H26N6O3S/c1-15(2)26-13-20(23-14-26)31(29,30)25-17-5-7-18(8-6-17)27-21(28)10-9-19(24-27)16-4-3-11-22-12-16/h3-4,9-15,17-18,25H,5-8H2,1-2H3. The molecule has 0 saturated heterocycles. The molecule has 0 unspecified atom stereocenters. The zero-order valence-corrected chi connectivity index (χ0v) is 18.4. The second-order valence-electron chi connectivity index (χ2n) is 8.12. The molecule has 31 heavy (non-hydrogen) atoms. The fourth-order valence-corrected chi connectivity index (χ4v) is 5.05. The van der Waals surface area contributed by atoms with Gasteiger partial charge in [-0.3, -0.25) is 9.78 Å².